The van der Waals surface area contributed by atoms with E-state index >= 15 is 0 Å². The van der Waals surface area contributed by atoms with Crippen LogP contribution in [0.15, 0.2) is 24.3 Å². The maximum Gasteiger partial charge on any atom is 0.391 e. The summed E-state index contributed by atoms with van der Waals surface area (Å²) in [5.41, 5.74) is 0.0460. The Morgan fingerprint density at radius 3 is 1.69 bits per heavy atom. The summed E-state index contributed by atoms with van der Waals surface area (Å²) in [4.78, 5) is 126. The van der Waals surface area contributed by atoms with Crippen molar-refractivity contribution in [2.24, 2.45) is 11.3 Å². The molecule has 0 aliphatic heterocycles. The van der Waals surface area contributed by atoms with Crippen molar-refractivity contribution >= 4 is 59.6 Å². The molecule has 61 heavy (non-hydrogen) atoms. The molecule has 0 bridgehead atoms. The zero-order valence-corrected chi connectivity index (χ0v) is 34.6. The molecule has 19 nitrogen and oxygen atoms in total. The fraction of sp³-hybridized carbons (Fsp3) is 0.590. The number of nitrogens with one attached hydrogen (secondary N) is 6. The second-order valence-corrected chi connectivity index (χ2v) is 15.9. The van der Waals surface area contributed by atoms with Crippen LogP contribution in [0.3, 0.4) is 0 Å². The van der Waals surface area contributed by atoms with Crippen molar-refractivity contribution in [2.45, 2.75) is 135 Å². The Labute approximate surface area is 349 Å². The summed E-state index contributed by atoms with van der Waals surface area (Å²) >= 11 is 0. The highest BCUT2D eigenvalue weighted by atomic mass is 19.4. The molecule has 9 N–H and O–H groups in total. The highest BCUT2D eigenvalue weighted by Crippen LogP contribution is 2.23. The molecule has 6 amide bonds. The standard InChI is InChI=1S/C39H55F3N6O13/c1-20(2)15-25(34(58)43-23(19-49)18-39(40,41)42)47-37(61)32(38(4,5)6)48-36(60)26(16-22-10-8-7-9-21(22)3)46-33(57)24(11-13-29(51)52)45-35(59)27(17-31(55)56)44-28(50)12-14-30(53)54/h7-10,19-20,23-27,32H,11-18H2,1-6H3,(H,43,58)(H,44,50)(H,45,59)(H,46,57)(H,47,61)(H,48,60)(H,51,52)(H,53,54)(H,55,56)/t23-,24-,25-,26-,27-,32+/m0/s1. The normalized spacial score (nSPS) is 14.5. The molecule has 0 aliphatic carbocycles. The number of hydrogen-bond acceptors (Lipinski definition) is 10. The summed E-state index contributed by atoms with van der Waals surface area (Å²) in [5, 5.41) is 41.3. The number of amides is 6. The number of carbonyl (C=O) groups excluding carboxylic acids is 7. The molecule has 0 saturated heterocycles. The molecule has 0 aromatic heterocycles. The number of alkyl halides is 3. The third kappa shape index (κ3) is 20.6. The molecule has 0 unspecified atom stereocenters. The maximum atomic E-state index is 14.2. The zero-order chi connectivity index (χ0) is 46.8. The van der Waals surface area contributed by atoms with Gasteiger partial charge in [-0.15, -0.1) is 0 Å². The predicted octanol–water partition coefficient (Wildman–Crippen LogP) is 0.894. The van der Waals surface area contributed by atoms with Crippen molar-refractivity contribution in [1.82, 2.24) is 31.9 Å². The molecule has 0 heterocycles. The third-order valence-electron chi connectivity index (χ3n) is 8.89. The molecule has 0 fully saturated rings. The first-order valence-electron chi connectivity index (χ1n) is 19.2. The van der Waals surface area contributed by atoms with E-state index in [4.69, 9.17) is 5.11 Å². The highest BCUT2D eigenvalue weighted by molar-refractivity contribution is 5.97. The van der Waals surface area contributed by atoms with Gasteiger partial charge in [-0.25, -0.2) is 0 Å². The van der Waals surface area contributed by atoms with Gasteiger partial charge in [-0.05, 0) is 42.2 Å². The minimum absolute atomic E-state index is 0.0876. The lowest BCUT2D eigenvalue weighted by Gasteiger charge is -2.34. The van der Waals surface area contributed by atoms with Crippen molar-refractivity contribution in [1.29, 1.82) is 0 Å². The number of halogens is 3. The van der Waals surface area contributed by atoms with Crippen LogP contribution in [-0.2, 0) is 54.4 Å². The number of aryl methyl sites for hydroxylation is 1. The van der Waals surface area contributed by atoms with E-state index in [1.807, 2.05) is 5.32 Å². The van der Waals surface area contributed by atoms with Crippen LogP contribution in [0.1, 0.15) is 90.7 Å². The molecular weight excluding hydrogens is 817 g/mol. The minimum Gasteiger partial charge on any atom is -0.481 e. The first-order valence-corrected chi connectivity index (χ1v) is 19.2. The topological polar surface area (TPSA) is 304 Å². The molecule has 1 rings (SSSR count). The van der Waals surface area contributed by atoms with Gasteiger partial charge in [0.1, 0.15) is 36.5 Å². The van der Waals surface area contributed by atoms with Crippen molar-refractivity contribution in [3.63, 3.8) is 0 Å². The number of carbonyl (C=O) groups is 10. The Balaban J connectivity index is 3.56. The second kappa shape index (κ2) is 24.2. The summed E-state index contributed by atoms with van der Waals surface area (Å²) < 4.78 is 39.1. The molecule has 1 aromatic rings. The lowest BCUT2D eigenvalue weighted by molar-refractivity contribution is -0.147. The number of benzene rings is 1. The monoisotopic (exact) mass is 872 g/mol. The molecule has 1 aromatic carbocycles. The van der Waals surface area contributed by atoms with Crippen LogP contribution in [-0.4, -0.2) is 117 Å². The Bertz CT molecular complexity index is 1770. The predicted molar refractivity (Wildman–Crippen MR) is 208 cm³/mol. The molecule has 0 aliphatic rings. The van der Waals surface area contributed by atoms with Gasteiger partial charge in [-0.1, -0.05) is 58.9 Å². The Kier molecular flexibility index (Phi) is 21.0. The summed E-state index contributed by atoms with van der Waals surface area (Å²) in [6, 6.07) is -3.39. The number of carboxylic acids is 3. The summed E-state index contributed by atoms with van der Waals surface area (Å²) in [5.74, 6) is -11.1. The third-order valence-corrected chi connectivity index (χ3v) is 8.89. The fourth-order valence-electron chi connectivity index (χ4n) is 5.76. The fourth-order valence-corrected chi connectivity index (χ4v) is 5.76. The van der Waals surface area contributed by atoms with Gasteiger partial charge in [-0.2, -0.15) is 13.2 Å². The first kappa shape index (κ1) is 52.9. The summed E-state index contributed by atoms with van der Waals surface area (Å²) in [7, 11) is 0. The van der Waals surface area contributed by atoms with Crippen LogP contribution in [0, 0.1) is 18.3 Å². The van der Waals surface area contributed by atoms with Crippen LogP contribution in [0.4, 0.5) is 13.2 Å². The van der Waals surface area contributed by atoms with Crippen molar-refractivity contribution < 1.29 is 76.4 Å². The van der Waals surface area contributed by atoms with E-state index in [0.717, 1.165) is 0 Å². The SMILES string of the molecule is Cc1ccccc1C[C@H](NC(=O)[C@H](CCC(=O)O)NC(=O)[C@H](CC(=O)O)NC(=O)CCC(=O)O)C(=O)N[C@H](C(=O)N[C@@H](CC(C)C)C(=O)N[C@H](C=O)CC(F)(F)F)C(C)(C)C. The first-order chi connectivity index (χ1) is 28.1. The molecule has 0 saturated carbocycles. The van der Waals surface area contributed by atoms with E-state index in [-0.39, 0.29) is 25.0 Å². The maximum absolute atomic E-state index is 14.2. The number of aliphatic carboxylic acids is 3. The molecule has 6 atom stereocenters. The van der Waals surface area contributed by atoms with E-state index in [0.29, 0.717) is 11.1 Å². The van der Waals surface area contributed by atoms with Crippen LogP contribution in [0.25, 0.3) is 0 Å². The smallest absolute Gasteiger partial charge is 0.391 e. The van der Waals surface area contributed by atoms with E-state index < -0.39 is 140 Å². The average Bonchev–Trinajstić information content (AvgIpc) is 3.12. The molecule has 0 radical (unpaired) electrons. The van der Waals surface area contributed by atoms with Crippen molar-refractivity contribution in [3.8, 4) is 0 Å². The number of carboxylic acid groups (broad SMARTS) is 3. The van der Waals surface area contributed by atoms with Gasteiger partial charge in [0.25, 0.3) is 0 Å². The van der Waals surface area contributed by atoms with Crippen LogP contribution in [0.2, 0.25) is 0 Å². The van der Waals surface area contributed by atoms with E-state index in [2.05, 4.69) is 26.6 Å². The second-order valence-electron chi connectivity index (χ2n) is 15.9. The van der Waals surface area contributed by atoms with Crippen LogP contribution in [0.5, 0.6) is 0 Å². The summed E-state index contributed by atoms with van der Waals surface area (Å²) in [6.45, 7) is 9.66. The van der Waals surface area contributed by atoms with E-state index in [1.54, 1.807) is 65.8 Å². The highest BCUT2D eigenvalue weighted by Gasteiger charge is 2.39. The lowest BCUT2D eigenvalue weighted by Crippen LogP contribution is -2.62. The largest absolute Gasteiger partial charge is 0.481 e. The molecule has 0 spiro atoms. The van der Waals surface area contributed by atoms with E-state index in [9.17, 15) is 71.3 Å². The van der Waals surface area contributed by atoms with Gasteiger partial charge in [0, 0.05) is 19.3 Å². The number of hydrogen-bond donors (Lipinski definition) is 9. The number of rotatable bonds is 25. The molecule has 340 valence electrons. The Hall–Kier alpha value is -6.09. The van der Waals surface area contributed by atoms with E-state index in [1.165, 1.54) is 0 Å². The van der Waals surface area contributed by atoms with Crippen molar-refractivity contribution in [3.05, 3.63) is 35.4 Å². The summed E-state index contributed by atoms with van der Waals surface area (Å²) in [6.07, 6.45) is -10.5. The Morgan fingerprint density at radius 1 is 0.656 bits per heavy atom. The van der Waals surface area contributed by atoms with Gasteiger partial charge < -0.3 is 52.0 Å². The molecule has 22 heteroatoms. The zero-order valence-electron chi connectivity index (χ0n) is 34.6. The number of aldehydes is 1. The van der Waals surface area contributed by atoms with Gasteiger partial charge in [-0.3, -0.25) is 43.2 Å². The van der Waals surface area contributed by atoms with Gasteiger partial charge in [0.05, 0.1) is 25.3 Å². The Morgan fingerprint density at radius 2 is 1.18 bits per heavy atom. The van der Waals surface area contributed by atoms with Crippen molar-refractivity contribution in [2.75, 3.05) is 0 Å². The minimum atomic E-state index is -4.80. The average molecular weight is 873 g/mol. The quantitative estimate of drug-likeness (QED) is 0.0618. The van der Waals surface area contributed by atoms with Gasteiger partial charge in [0.2, 0.25) is 35.4 Å². The molecular formula is C39H55F3N6O13. The van der Waals surface area contributed by atoms with Crippen LogP contribution < -0.4 is 31.9 Å². The lowest BCUT2D eigenvalue weighted by atomic mass is 9.85. The van der Waals surface area contributed by atoms with Gasteiger partial charge >= 0.3 is 24.1 Å². The van der Waals surface area contributed by atoms with Crippen LogP contribution >= 0.6 is 0 Å². The van der Waals surface area contributed by atoms with Gasteiger partial charge in [0.15, 0.2) is 0 Å².